The quantitative estimate of drug-likeness (QED) is 0.270. The maximum atomic E-state index is 11.9. The third kappa shape index (κ3) is 4.72. The van der Waals surface area contributed by atoms with Crippen molar-refractivity contribution in [1.29, 1.82) is 0 Å². The van der Waals surface area contributed by atoms with Crippen molar-refractivity contribution in [2.24, 2.45) is 11.8 Å². The maximum absolute atomic E-state index is 11.9. The van der Waals surface area contributed by atoms with Crippen LogP contribution in [0.5, 0.6) is 0 Å². The number of β-amino-alcohol motifs (C(OH)–C–C–N with tert-alkyl or cyclic N) is 1. The summed E-state index contributed by atoms with van der Waals surface area (Å²) in [5.74, 6) is -3.75. The Balaban J connectivity index is 1.97. The molecule has 2 heterocycles. The molecule has 2 fully saturated rings. The summed E-state index contributed by atoms with van der Waals surface area (Å²) in [6.07, 6.45) is -0.943. The molecule has 0 aromatic carbocycles. The third-order valence-corrected chi connectivity index (χ3v) is 4.41. The number of aliphatic hydroxyl groups excluding tert-OH is 1. The zero-order valence-corrected chi connectivity index (χ0v) is 13.3. The summed E-state index contributed by atoms with van der Waals surface area (Å²) in [6.45, 7) is -0.186. The van der Waals surface area contributed by atoms with Crippen molar-refractivity contribution >= 4 is 25.7 Å². The van der Waals surface area contributed by atoms with Crippen LogP contribution >= 0.6 is 7.82 Å². The summed E-state index contributed by atoms with van der Waals surface area (Å²) in [5.41, 5.74) is 0. The van der Waals surface area contributed by atoms with Crippen molar-refractivity contribution in [2.75, 3.05) is 26.2 Å². The van der Waals surface area contributed by atoms with Crippen LogP contribution in [-0.2, 0) is 18.7 Å². The van der Waals surface area contributed by atoms with Crippen LogP contribution in [-0.4, -0.2) is 81.2 Å². The van der Waals surface area contributed by atoms with Crippen LogP contribution in [0.3, 0.4) is 0 Å². The fourth-order valence-electron chi connectivity index (χ4n) is 2.78. The van der Waals surface area contributed by atoms with Crippen molar-refractivity contribution in [2.45, 2.75) is 12.1 Å². The molecule has 0 bridgehead atoms. The number of rotatable bonds is 6. The number of aliphatic carboxylic acids is 1. The molecule has 24 heavy (non-hydrogen) atoms. The number of carboxylic acid groups (broad SMARTS) is 1. The molecule has 6 N–H and O–H groups in total. The summed E-state index contributed by atoms with van der Waals surface area (Å²) in [4.78, 5) is 53.2. The van der Waals surface area contributed by atoms with Gasteiger partial charge in [0.15, 0.2) is 0 Å². The lowest BCUT2D eigenvalue weighted by Crippen LogP contribution is -2.63. The number of urea groups is 1. The highest BCUT2D eigenvalue weighted by molar-refractivity contribution is 7.46. The van der Waals surface area contributed by atoms with E-state index in [1.165, 1.54) is 0 Å². The molecule has 0 aliphatic carbocycles. The molecule has 3 amide bonds. The van der Waals surface area contributed by atoms with Crippen LogP contribution in [0.15, 0.2) is 0 Å². The second-order valence-electron chi connectivity index (χ2n) is 5.72. The van der Waals surface area contributed by atoms with E-state index in [4.69, 9.17) is 14.9 Å². The summed E-state index contributed by atoms with van der Waals surface area (Å²) in [7, 11) is -4.66. The third-order valence-electron chi connectivity index (χ3n) is 3.92. The van der Waals surface area contributed by atoms with Crippen LogP contribution in [0.1, 0.15) is 0 Å². The topological polar surface area (TPSA) is 186 Å². The average molecular weight is 367 g/mol. The average Bonchev–Trinajstić information content (AvgIpc) is 2.78. The normalized spacial score (nSPS) is 31.6. The number of phosphoric ester groups is 1. The van der Waals surface area contributed by atoms with Crippen LogP contribution in [0.2, 0.25) is 0 Å². The molecule has 0 aromatic rings. The van der Waals surface area contributed by atoms with Crippen LogP contribution in [0.25, 0.3) is 0 Å². The number of carboxylic acids is 1. The fourth-order valence-corrected chi connectivity index (χ4v) is 3.17. The number of carbonyl (C=O) groups excluding carboxylic acids is 2. The van der Waals surface area contributed by atoms with E-state index in [1.807, 2.05) is 5.32 Å². The van der Waals surface area contributed by atoms with Gasteiger partial charge in [-0.3, -0.25) is 19.5 Å². The number of imide groups is 1. The van der Waals surface area contributed by atoms with E-state index in [0.29, 0.717) is 0 Å². The smallest absolute Gasteiger partial charge is 0.469 e. The Morgan fingerprint density at radius 1 is 1.33 bits per heavy atom. The first-order chi connectivity index (χ1) is 11.1. The largest absolute Gasteiger partial charge is 0.480 e. The summed E-state index contributed by atoms with van der Waals surface area (Å²) >= 11 is 0. The number of phosphoric acid groups is 1. The number of likely N-dealkylation sites (tertiary alicyclic amines) is 1. The number of hydrogen-bond acceptors (Lipinski definition) is 7. The Morgan fingerprint density at radius 3 is 2.58 bits per heavy atom. The summed E-state index contributed by atoms with van der Waals surface area (Å²) in [5, 5.41) is 23.2. The number of aliphatic hydroxyl groups is 1. The van der Waals surface area contributed by atoms with Crippen LogP contribution < -0.4 is 10.6 Å². The van der Waals surface area contributed by atoms with Crippen molar-refractivity contribution in [3.05, 3.63) is 0 Å². The molecule has 136 valence electrons. The van der Waals surface area contributed by atoms with Crippen molar-refractivity contribution in [3.8, 4) is 0 Å². The number of nitrogens with one attached hydrogen (secondary N) is 2. The van der Waals surface area contributed by atoms with Crippen LogP contribution in [0, 0.1) is 11.8 Å². The predicted molar refractivity (Wildman–Crippen MR) is 75.5 cm³/mol. The molecule has 12 nitrogen and oxygen atoms in total. The number of amides is 3. The van der Waals surface area contributed by atoms with Gasteiger partial charge in [0.2, 0.25) is 5.91 Å². The van der Waals surface area contributed by atoms with E-state index in [-0.39, 0.29) is 26.2 Å². The molecule has 0 saturated carbocycles. The van der Waals surface area contributed by atoms with Gasteiger partial charge in [-0.15, -0.1) is 0 Å². The first-order valence-electron chi connectivity index (χ1n) is 7.01. The Kier molecular flexibility index (Phi) is 5.58. The van der Waals surface area contributed by atoms with E-state index in [9.17, 15) is 24.1 Å². The lowest BCUT2D eigenvalue weighted by Gasteiger charge is -2.31. The molecule has 2 saturated heterocycles. The number of hydrogen-bond donors (Lipinski definition) is 6. The van der Waals surface area contributed by atoms with Crippen molar-refractivity contribution in [3.63, 3.8) is 0 Å². The second-order valence-corrected chi connectivity index (χ2v) is 6.96. The highest BCUT2D eigenvalue weighted by Crippen LogP contribution is 2.37. The molecular weight excluding hydrogens is 349 g/mol. The molecule has 0 spiro atoms. The van der Waals surface area contributed by atoms with Gasteiger partial charge in [-0.1, -0.05) is 0 Å². The monoisotopic (exact) mass is 367 g/mol. The zero-order valence-electron chi connectivity index (χ0n) is 12.4. The SMILES string of the molecule is O=C1NC(=O)C(CN2CC(O)[C@@H](COP(=O)(O)O)C2)C(C(=O)O)N1. The molecule has 3 unspecified atom stereocenters. The van der Waals surface area contributed by atoms with Gasteiger partial charge >= 0.3 is 19.8 Å². The summed E-state index contributed by atoms with van der Waals surface area (Å²) in [6, 6.07) is -2.29. The first kappa shape index (κ1) is 18.8. The second kappa shape index (κ2) is 7.13. The predicted octanol–water partition coefficient (Wildman–Crippen LogP) is -2.70. The lowest BCUT2D eigenvalue weighted by atomic mass is 9.96. The molecule has 2 rings (SSSR count). The molecular formula is C11H18N3O9P. The van der Waals surface area contributed by atoms with E-state index in [1.54, 1.807) is 4.90 Å². The van der Waals surface area contributed by atoms with Gasteiger partial charge in [-0.05, 0) is 0 Å². The van der Waals surface area contributed by atoms with E-state index in [0.717, 1.165) is 0 Å². The van der Waals surface area contributed by atoms with Gasteiger partial charge in [-0.25, -0.2) is 14.2 Å². The molecule has 2 aliphatic heterocycles. The van der Waals surface area contributed by atoms with Gasteiger partial charge in [0, 0.05) is 25.6 Å². The fraction of sp³-hybridized carbons (Fsp3) is 0.727. The van der Waals surface area contributed by atoms with Crippen LogP contribution in [0.4, 0.5) is 4.79 Å². The molecule has 2 aliphatic rings. The van der Waals surface area contributed by atoms with Gasteiger partial charge in [0.25, 0.3) is 0 Å². The van der Waals surface area contributed by atoms with E-state index >= 15 is 0 Å². The minimum absolute atomic E-state index is 0.0491. The molecule has 13 heteroatoms. The minimum atomic E-state index is -4.66. The van der Waals surface area contributed by atoms with Crippen molar-refractivity contribution < 1.29 is 43.5 Å². The molecule has 0 aromatic heterocycles. The Labute approximate surface area is 136 Å². The minimum Gasteiger partial charge on any atom is -0.480 e. The molecule has 4 atom stereocenters. The Morgan fingerprint density at radius 2 is 2.00 bits per heavy atom. The number of carbonyl (C=O) groups is 3. The Hall–Kier alpha value is -1.56. The summed E-state index contributed by atoms with van der Waals surface area (Å²) < 4.78 is 15.1. The first-order valence-corrected chi connectivity index (χ1v) is 8.54. The van der Waals surface area contributed by atoms with Gasteiger partial charge in [0.1, 0.15) is 6.04 Å². The zero-order chi connectivity index (χ0) is 18.1. The van der Waals surface area contributed by atoms with Crippen molar-refractivity contribution in [1.82, 2.24) is 15.5 Å². The highest BCUT2D eigenvalue weighted by atomic mass is 31.2. The Bertz CT molecular complexity index is 579. The van der Waals surface area contributed by atoms with Gasteiger partial charge < -0.3 is 25.3 Å². The van der Waals surface area contributed by atoms with Gasteiger partial charge in [-0.2, -0.15) is 0 Å². The van der Waals surface area contributed by atoms with E-state index in [2.05, 4.69) is 9.84 Å². The molecule has 0 radical (unpaired) electrons. The van der Waals surface area contributed by atoms with Gasteiger partial charge in [0.05, 0.1) is 18.6 Å². The maximum Gasteiger partial charge on any atom is 0.469 e. The highest BCUT2D eigenvalue weighted by Gasteiger charge is 2.43. The number of nitrogens with zero attached hydrogens (tertiary/aromatic N) is 1. The standard InChI is InChI=1S/C11H18N3O9P/c15-7-3-14(1-5(7)4-23-24(20,21)22)2-6-8(10(17)18)12-11(19)13-9(6)16/h5-8,15H,1-4H2,(H,17,18)(H2,20,21,22)(H2,12,13,16,19)/t5-,6?,7?,8?/m1/s1. The van der Waals surface area contributed by atoms with E-state index < -0.39 is 49.7 Å². The lowest BCUT2D eigenvalue weighted by molar-refractivity contribution is -0.145.